The number of carbonyl (C=O) groups is 1. The predicted octanol–water partition coefficient (Wildman–Crippen LogP) is 2.57. The van der Waals surface area contributed by atoms with Crippen LogP contribution in [0.1, 0.15) is 24.0 Å². The lowest BCUT2D eigenvalue weighted by Gasteiger charge is -2.18. The van der Waals surface area contributed by atoms with Gasteiger partial charge in [0.2, 0.25) is 0 Å². The highest BCUT2D eigenvalue weighted by Crippen LogP contribution is 2.33. The number of esters is 1. The maximum atomic E-state index is 12.5. The number of nitrogens with one attached hydrogen (secondary N) is 1. The summed E-state index contributed by atoms with van der Waals surface area (Å²) in [5.41, 5.74) is 0.0425. The first kappa shape index (κ1) is 14.8. The third-order valence-corrected chi connectivity index (χ3v) is 3.47. The zero-order valence-electron chi connectivity index (χ0n) is 11.0. The molecule has 1 aliphatic rings. The van der Waals surface area contributed by atoms with Gasteiger partial charge in [-0.3, -0.25) is 4.79 Å². The van der Waals surface area contributed by atoms with Gasteiger partial charge in [0.1, 0.15) is 0 Å². The number of alkyl halides is 3. The van der Waals surface area contributed by atoms with Gasteiger partial charge in [-0.15, -0.1) is 0 Å². The summed E-state index contributed by atoms with van der Waals surface area (Å²) in [7, 11) is 0. The Hall–Kier alpha value is -1.56. The molecule has 1 saturated heterocycles. The van der Waals surface area contributed by atoms with E-state index in [2.05, 4.69) is 5.32 Å². The van der Waals surface area contributed by atoms with Crippen molar-refractivity contribution in [2.45, 2.75) is 19.0 Å². The molecule has 0 bridgehead atoms. The van der Waals surface area contributed by atoms with Crippen LogP contribution in [0.4, 0.5) is 13.2 Å². The zero-order chi connectivity index (χ0) is 14.8. The molecule has 2 atom stereocenters. The summed E-state index contributed by atoms with van der Waals surface area (Å²) in [4.78, 5) is 11.8. The Bertz CT molecular complexity index is 470. The third kappa shape index (κ3) is 3.12. The molecule has 6 heteroatoms. The fraction of sp³-hybridized carbons (Fsp3) is 0.500. The Morgan fingerprint density at radius 2 is 1.95 bits per heavy atom. The molecule has 1 fully saturated rings. The van der Waals surface area contributed by atoms with Crippen LogP contribution >= 0.6 is 0 Å². The molecule has 0 spiro atoms. The first-order valence-electron chi connectivity index (χ1n) is 6.48. The Balaban J connectivity index is 2.16. The second-order valence-electron chi connectivity index (χ2n) is 4.74. The topological polar surface area (TPSA) is 38.3 Å². The summed E-state index contributed by atoms with van der Waals surface area (Å²) in [5.74, 6) is -0.787. The van der Waals surface area contributed by atoms with Crippen LogP contribution in [0.5, 0.6) is 0 Å². The van der Waals surface area contributed by atoms with Gasteiger partial charge < -0.3 is 10.1 Å². The molecule has 2 rings (SSSR count). The molecule has 3 nitrogen and oxygen atoms in total. The highest BCUT2D eigenvalue weighted by molar-refractivity contribution is 5.74. The van der Waals surface area contributed by atoms with E-state index in [-0.39, 0.29) is 17.8 Å². The van der Waals surface area contributed by atoms with Crippen LogP contribution in [0.3, 0.4) is 0 Å². The van der Waals surface area contributed by atoms with Gasteiger partial charge in [0.05, 0.1) is 18.1 Å². The largest absolute Gasteiger partial charge is 0.466 e. The van der Waals surface area contributed by atoms with Gasteiger partial charge in [-0.05, 0) is 24.6 Å². The van der Waals surface area contributed by atoms with Crippen LogP contribution in [0, 0.1) is 5.92 Å². The lowest BCUT2D eigenvalue weighted by molar-refractivity contribution is -0.147. The van der Waals surface area contributed by atoms with Crippen LogP contribution in [0.2, 0.25) is 0 Å². The molecule has 1 aromatic rings. The summed E-state index contributed by atoms with van der Waals surface area (Å²) in [6.07, 6.45) is -4.34. The van der Waals surface area contributed by atoms with Crippen molar-refractivity contribution in [3.05, 3.63) is 35.4 Å². The molecular weight excluding hydrogens is 271 g/mol. The van der Waals surface area contributed by atoms with Crippen LogP contribution in [0.25, 0.3) is 0 Å². The number of carbonyl (C=O) groups excluding carboxylic acids is 1. The van der Waals surface area contributed by atoms with Gasteiger partial charge in [0, 0.05) is 19.0 Å². The lowest BCUT2D eigenvalue weighted by Crippen LogP contribution is -2.24. The van der Waals surface area contributed by atoms with Crippen molar-refractivity contribution in [3.63, 3.8) is 0 Å². The molecule has 0 aliphatic carbocycles. The number of hydrogen-bond donors (Lipinski definition) is 1. The molecule has 1 heterocycles. The number of hydrogen-bond acceptors (Lipinski definition) is 3. The molecule has 0 radical (unpaired) electrons. The zero-order valence-corrected chi connectivity index (χ0v) is 11.0. The Labute approximate surface area is 115 Å². The minimum absolute atomic E-state index is 0.142. The van der Waals surface area contributed by atoms with Gasteiger partial charge in [0.15, 0.2) is 0 Å². The van der Waals surface area contributed by atoms with Crippen molar-refractivity contribution in [3.8, 4) is 0 Å². The van der Waals surface area contributed by atoms with Gasteiger partial charge in [-0.1, -0.05) is 12.1 Å². The maximum absolute atomic E-state index is 12.5. The van der Waals surface area contributed by atoms with Crippen molar-refractivity contribution < 1.29 is 22.7 Å². The molecule has 20 heavy (non-hydrogen) atoms. The molecular formula is C14H16F3NO2. The van der Waals surface area contributed by atoms with E-state index in [1.54, 1.807) is 6.92 Å². The van der Waals surface area contributed by atoms with Gasteiger partial charge >= 0.3 is 12.1 Å². The van der Waals surface area contributed by atoms with Gasteiger partial charge in [-0.2, -0.15) is 13.2 Å². The van der Waals surface area contributed by atoms with Crippen molar-refractivity contribution >= 4 is 5.97 Å². The van der Waals surface area contributed by atoms with Crippen molar-refractivity contribution in [1.29, 1.82) is 0 Å². The van der Waals surface area contributed by atoms with Gasteiger partial charge in [0.25, 0.3) is 0 Å². The van der Waals surface area contributed by atoms with E-state index in [1.807, 2.05) is 0 Å². The summed E-state index contributed by atoms with van der Waals surface area (Å²) >= 11 is 0. The minimum Gasteiger partial charge on any atom is -0.466 e. The lowest BCUT2D eigenvalue weighted by atomic mass is 9.88. The fourth-order valence-corrected chi connectivity index (χ4v) is 2.45. The third-order valence-electron chi connectivity index (χ3n) is 3.47. The van der Waals surface area contributed by atoms with Crippen LogP contribution in [-0.4, -0.2) is 25.7 Å². The average Bonchev–Trinajstić information content (AvgIpc) is 2.87. The van der Waals surface area contributed by atoms with E-state index in [1.165, 1.54) is 12.1 Å². The number of ether oxygens (including phenoxy) is 1. The van der Waals surface area contributed by atoms with Crippen LogP contribution < -0.4 is 5.32 Å². The quantitative estimate of drug-likeness (QED) is 0.868. The molecule has 1 N–H and O–H groups in total. The maximum Gasteiger partial charge on any atom is 0.416 e. The molecule has 0 aromatic heterocycles. The number of halogens is 3. The summed E-state index contributed by atoms with van der Waals surface area (Å²) in [6, 6.07) is 4.98. The summed E-state index contributed by atoms with van der Waals surface area (Å²) in [5, 5.41) is 3.08. The summed E-state index contributed by atoms with van der Waals surface area (Å²) < 4.78 is 42.5. The van der Waals surface area contributed by atoms with Crippen molar-refractivity contribution in [1.82, 2.24) is 5.32 Å². The van der Waals surface area contributed by atoms with E-state index in [0.29, 0.717) is 19.7 Å². The summed E-state index contributed by atoms with van der Waals surface area (Å²) in [6.45, 7) is 3.09. The highest BCUT2D eigenvalue weighted by atomic mass is 19.4. The fourth-order valence-electron chi connectivity index (χ4n) is 2.45. The first-order chi connectivity index (χ1) is 9.43. The number of rotatable bonds is 3. The van der Waals surface area contributed by atoms with E-state index in [4.69, 9.17) is 4.74 Å². The minimum atomic E-state index is -4.34. The Morgan fingerprint density at radius 1 is 1.30 bits per heavy atom. The van der Waals surface area contributed by atoms with Crippen LogP contribution in [-0.2, 0) is 15.7 Å². The standard InChI is InChI=1S/C14H16F3NO2/c1-2-20-13(19)12-8-18-7-11(12)9-3-5-10(6-4-9)14(15,16)17/h3-6,11-12,18H,2,7-8H2,1H3/t11-,12+/m0/s1. The molecule has 0 amide bonds. The monoisotopic (exact) mass is 287 g/mol. The average molecular weight is 287 g/mol. The first-order valence-corrected chi connectivity index (χ1v) is 6.48. The van der Waals surface area contributed by atoms with Crippen molar-refractivity contribution in [2.24, 2.45) is 5.92 Å². The Morgan fingerprint density at radius 3 is 2.50 bits per heavy atom. The second-order valence-corrected chi connectivity index (χ2v) is 4.74. The van der Waals surface area contributed by atoms with E-state index >= 15 is 0 Å². The second kappa shape index (κ2) is 5.83. The van der Waals surface area contributed by atoms with E-state index in [0.717, 1.165) is 17.7 Å². The smallest absolute Gasteiger partial charge is 0.416 e. The van der Waals surface area contributed by atoms with E-state index < -0.39 is 11.7 Å². The van der Waals surface area contributed by atoms with Gasteiger partial charge in [-0.25, -0.2) is 0 Å². The molecule has 110 valence electrons. The van der Waals surface area contributed by atoms with Crippen molar-refractivity contribution in [2.75, 3.05) is 19.7 Å². The highest BCUT2D eigenvalue weighted by Gasteiger charge is 2.36. The number of benzene rings is 1. The van der Waals surface area contributed by atoms with Crippen LogP contribution in [0.15, 0.2) is 24.3 Å². The molecule has 1 aromatic carbocycles. The predicted molar refractivity (Wildman–Crippen MR) is 67.2 cm³/mol. The molecule has 1 aliphatic heterocycles. The van der Waals surface area contributed by atoms with E-state index in [9.17, 15) is 18.0 Å². The Kier molecular flexibility index (Phi) is 4.32. The SMILES string of the molecule is CCOC(=O)[C@@H]1CNC[C@H]1c1ccc(C(F)(F)F)cc1. The molecule has 0 unspecified atom stereocenters. The normalized spacial score (nSPS) is 22.8. The molecule has 0 saturated carbocycles.